The van der Waals surface area contributed by atoms with Crippen LogP contribution in [0.15, 0.2) is 0 Å². The molecule has 0 atom stereocenters. The smallest absolute Gasteiger partial charge is 0.753 e. The molecule has 0 saturated heterocycles. The van der Waals surface area contributed by atoms with Gasteiger partial charge in [-0.25, -0.2) is 0 Å². The Kier molecular flexibility index (Phi) is 182. The summed E-state index contributed by atoms with van der Waals surface area (Å²) in [4.78, 5) is 0. The minimum absolute atomic E-state index is 0. The normalized spacial score (nSPS) is 4.67. The predicted octanol–water partition coefficient (Wildman–Crippen LogP) is 3.89. The molecule has 0 radical (unpaired) electrons. The summed E-state index contributed by atoms with van der Waals surface area (Å²) in [7, 11) is 0. The van der Waals surface area contributed by atoms with Crippen molar-refractivity contribution in [1.29, 1.82) is 5.26 Å². The number of thiol groups is 1. The third kappa shape index (κ3) is 1080. The number of hydrogen-bond donors (Lipinski definition) is 1. The van der Waals surface area contributed by atoms with E-state index < -0.39 is 0 Å². The van der Waals surface area contributed by atoms with E-state index in [1.807, 2.05) is 0 Å². The number of isothiocyanates is 2. The third-order valence-electron chi connectivity index (χ3n) is 0.250. The largest absolute Gasteiger partial charge is 3.00 e. The zero-order valence-electron chi connectivity index (χ0n) is 9.27. The standard InChI is InChI=1S/2C2H6N2.CHNS.2CNS.Co/c2*3-1-2-4;3*2-1-3;/h2*3-4H,1-2H2;3H;;;/q2*-2;;2*-1;+3. The van der Waals surface area contributed by atoms with E-state index in [1.165, 1.54) is 15.7 Å². The molecule has 11 heteroatoms. The summed E-state index contributed by atoms with van der Waals surface area (Å²) in [5.41, 5.74) is 25.1. The van der Waals surface area contributed by atoms with Gasteiger partial charge in [0.2, 0.25) is 0 Å². The van der Waals surface area contributed by atoms with Crippen LogP contribution in [0.5, 0.6) is 0 Å². The number of nitrogens with one attached hydrogen (secondary N) is 4. The number of hydrogen-bond acceptors (Lipinski definition) is 4. The van der Waals surface area contributed by atoms with E-state index >= 15 is 0 Å². The van der Waals surface area contributed by atoms with Gasteiger partial charge in [0.1, 0.15) is 5.40 Å². The predicted molar refractivity (Wildman–Crippen MR) is 83.3 cm³/mol. The maximum atomic E-state index is 7.18. The second kappa shape index (κ2) is 90.8. The van der Waals surface area contributed by atoms with Gasteiger partial charge in [-0.3, -0.25) is 0 Å². The van der Waals surface area contributed by atoms with E-state index in [4.69, 9.17) is 39.0 Å². The number of nitriles is 1. The molecule has 0 bridgehead atoms. The summed E-state index contributed by atoms with van der Waals surface area (Å²) in [6.45, 7) is 0.944. The first kappa shape index (κ1) is 36.1. The number of rotatable bonds is 2. The summed E-state index contributed by atoms with van der Waals surface area (Å²) in [6.07, 6.45) is 0. The molecule has 7 nitrogen and oxygen atoms in total. The minimum Gasteiger partial charge on any atom is -0.753 e. The van der Waals surface area contributed by atoms with Crippen LogP contribution in [0, 0.1) is 10.7 Å². The van der Waals surface area contributed by atoms with Gasteiger partial charge in [0.15, 0.2) is 0 Å². The Balaban J connectivity index is -0.0000000249. The third-order valence-corrected chi connectivity index (χ3v) is 0.250. The van der Waals surface area contributed by atoms with Gasteiger partial charge < -0.3 is 33.8 Å². The van der Waals surface area contributed by atoms with Crippen LogP contribution in [0.4, 0.5) is 0 Å². The molecule has 0 unspecified atom stereocenters. The monoisotopic (exact) mass is 350 g/mol. The summed E-state index contributed by atoms with van der Waals surface area (Å²) in [5.74, 6) is 0. The molecule has 0 saturated carbocycles. The summed E-state index contributed by atoms with van der Waals surface area (Å²) < 4.78 is 0. The topological polar surface area (TPSA) is 164 Å². The molecule has 0 aliphatic heterocycles. The number of thiocyanates is 1. The van der Waals surface area contributed by atoms with Gasteiger partial charge in [0.05, 0.1) is 0 Å². The first-order chi connectivity index (χ1) is 8.07. The molecule has 0 amide bonds. The average molecular weight is 350 g/mol. The second-order valence-corrected chi connectivity index (χ2v) is 1.85. The first-order valence-corrected chi connectivity index (χ1v) is 4.98. The fourth-order valence-corrected chi connectivity index (χ4v) is 0. The molecule has 0 aliphatic rings. The molecule has 0 aromatic carbocycles. The summed E-state index contributed by atoms with van der Waals surface area (Å²) >= 11 is 10.5. The van der Waals surface area contributed by atoms with Crippen LogP contribution in [0.3, 0.4) is 0 Å². The van der Waals surface area contributed by atoms with Crippen molar-refractivity contribution in [2.45, 2.75) is 0 Å². The molecular formula is C7H13CoN7S3-3. The maximum absolute atomic E-state index is 7.18. The molecule has 0 rings (SSSR count). The molecule has 0 spiro atoms. The zero-order chi connectivity index (χ0) is 14.9. The fraction of sp³-hybridized carbons (Fsp3) is 0.571. The zero-order valence-corrected chi connectivity index (χ0v) is 12.8. The molecule has 0 aromatic rings. The second-order valence-electron chi connectivity index (χ2n) is 1.28. The quantitative estimate of drug-likeness (QED) is 0.346. The van der Waals surface area contributed by atoms with Crippen molar-refractivity contribution in [3.63, 3.8) is 0 Å². The Morgan fingerprint density at radius 3 is 0.944 bits per heavy atom. The van der Waals surface area contributed by atoms with Gasteiger partial charge in [-0.15, -0.1) is 0 Å². The van der Waals surface area contributed by atoms with Gasteiger partial charge in [0.25, 0.3) is 0 Å². The number of thiocarbonyl (C=S) groups is 2. The van der Waals surface area contributed by atoms with Crippen LogP contribution in [-0.2, 0) is 16.8 Å². The van der Waals surface area contributed by atoms with Crippen molar-refractivity contribution in [3.8, 4) is 5.40 Å². The molecule has 0 aliphatic carbocycles. The van der Waals surface area contributed by atoms with Gasteiger partial charge in [0, 0.05) is 0 Å². The van der Waals surface area contributed by atoms with Gasteiger partial charge in [-0.05, 0) is 0 Å². The van der Waals surface area contributed by atoms with E-state index in [-0.39, 0.29) is 43.0 Å². The van der Waals surface area contributed by atoms with Crippen LogP contribution in [-0.4, -0.2) is 36.5 Å². The van der Waals surface area contributed by atoms with Gasteiger partial charge >= 0.3 is 16.8 Å². The molecule has 18 heavy (non-hydrogen) atoms. The maximum Gasteiger partial charge on any atom is 3.00 e. The van der Waals surface area contributed by atoms with E-state index in [9.17, 15) is 0 Å². The van der Waals surface area contributed by atoms with Crippen LogP contribution < -0.4 is 0 Å². The summed E-state index contributed by atoms with van der Waals surface area (Å²) in [5, 5.41) is 25.6. The van der Waals surface area contributed by atoms with Crippen molar-refractivity contribution in [3.05, 3.63) is 33.8 Å². The Morgan fingerprint density at radius 1 is 0.889 bits per heavy atom. The minimum atomic E-state index is 0. The van der Waals surface area contributed by atoms with Crippen LogP contribution in [0.2, 0.25) is 0 Å². The van der Waals surface area contributed by atoms with Crippen molar-refractivity contribution < 1.29 is 16.8 Å². The van der Waals surface area contributed by atoms with Crippen molar-refractivity contribution in [2.24, 2.45) is 0 Å². The Labute approximate surface area is 134 Å². The van der Waals surface area contributed by atoms with Crippen molar-refractivity contribution >= 4 is 47.4 Å². The van der Waals surface area contributed by atoms with Crippen molar-refractivity contribution in [2.75, 3.05) is 26.2 Å². The van der Waals surface area contributed by atoms with Crippen LogP contribution in [0.25, 0.3) is 33.8 Å². The SMILES string of the molecule is N#CS.[Co+3].[N-]=C=S.[N-]=C=S.[NH-]CC[NH-].[NH-]CC[NH-]. The molecule has 0 aromatic heterocycles. The van der Waals surface area contributed by atoms with Crippen molar-refractivity contribution in [1.82, 2.24) is 0 Å². The van der Waals surface area contributed by atoms with Crippen LogP contribution in [0.1, 0.15) is 0 Å². The first-order valence-electron chi connectivity index (χ1n) is 3.72. The van der Waals surface area contributed by atoms with Crippen LogP contribution >= 0.6 is 37.1 Å². The Morgan fingerprint density at radius 2 is 0.944 bits per heavy atom. The number of nitrogens with zero attached hydrogens (tertiary/aromatic N) is 3. The van der Waals surface area contributed by atoms with Gasteiger partial charge in [-0.1, -0.05) is 37.1 Å². The van der Waals surface area contributed by atoms with E-state index in [2.05, 4.69) is 37.1 Å². The Bertz CT molecular complexity index is 178. The molecular weight excluding hydrogens is 337 g/mol. The Hall–Kier alpha value is -0.214. The molecule has 4 N–H and O–H groups in total. The average Bonchev–Trinajstić information content (AvgIpc) is 2.32. The van der Waals surface area contributed by atoms with E-state index in [1.54, 1.807) is 0 Å². The molecule has 0 heterocycles. The summed E-state index contributed by atoms with van der Waals surface area (Å²) in [6, 6.07) is 0. The molecule has 0 fully saturated rings. The van der Waals surface area contributed by atoms with Gasteiger partial charge in [-0.2, -0.15) is 41.8 Å². The van der Waals surface area contributed by atoms with E-state index in [0.29, 0.717) is 0 Å². The fourth-order valence-electron chi connectivity index (χ4n) is 0. The van der Waals surface area contributed by atoms with E-state index in [0.717, 1.165) is 0 Å². The molecule has 106 valence electrons.